The van der Waals surface area contributed by atoms with Gasteiger partial charge in [0.15, 0.2) is 0 Å². The Labute approximate surface area is 165 Å². The maximum atomic E-state index is 11.9. The van der Waals surface area contributed by atoms with Crippen LogP contribution in [0.1, 0.15) is 37.6 Å². The van der Waals surface area contributed by atoms with Crippen molar-refractivity contribution < 1.29 is 4.79 Å². The number of amidine groups is 1. The summed E-state index contributed by atoms with van der Waals surface area (Å²) in [4.78, 5) is 13.7. The molecule has 0 aliphatic carbocycles. The monoisotopic (exact) mass is 380 g/mol. The number of nitrogens with zero attached hydrogens (tertiary/aromatic N) is 3. The number of nitrogens with one attached hydrogen (secondary N) is 3. The van der Waals surface area contributed by atoms with E-state index >= 15 is 0 Å². The largest absolute Gasteiger partial charge is 0.380 e. The maximum absolute atomic E-state index is 11.9. The summed E-state index contributed by atoms with van der Waals surface area (Å²) >= 11 is 0. The van der Waals surface area contributed by atoms with E-state index in [1.54, 1.807) is 16.5 Å². The molecule has 28 heavy (non-hydrogen) atoms. The van der Waals surface area contributed by atoms with Gasteiger partial charge in [0.05, 0.1) is 18.3 Å². The van der Waals surface area contributed by atoms with Crippen molar-refractivity contribution in [3.8, 4) is 0 Å². The minimum absolute atomic E-state index is 0.0156. The Morgan fingerprint density at radius 2 is 2.11 bits per heavy atom. The topological polar surface area (TPSA) is 86.0 Å². The van der Waals surface area contributed by atoms with E-state index in [1.165, 1.54) is 0 Å². The highest BCUT2D eigenvalue weighted by Gasteiger charge is 2.25. The normalized spacial score (nSPS) is 15.4. The number of rotatable bonds is 5. The molecule has 148 valence electrons. The number of hydrogen-bond acceptors (Lipinski definition) is 4. The molecule has 0 radical (unpaired) electrons. The second kappa shape index (κ2) is 8.29. The summed E-state index contributed by atoms with van der Waals surface area (Å²) in [6.07, 6.45) is 2.60. The first-order chi connectivity index (χ1) is 13.3. The van der Waals surface area contributed by atoms with E-state index in [1.807, 2.05) is 50.5 Å². The molecule has 1 aromatic heterocycles. The van der Waals surface area contributed by atoms with E-state index in [-0.39, 0.29) is 11.9 Å². The number of carbonyl (C=O) groups excluding carboxylic acids is 1. The quantitative estimate of drug-likeness (QED) is 0.550. The Balaban J connectivity index is 1.84. The lowest BCUT2D eigenvalue weighted by Gasteiger charge is -2.32. The summed E-state index contributed by atoms with van der Waals surface area (Å²) in [5.74, 6) is 0.338. The second-order valence-corrected chi connectivity index (χ2v) is 7.30. The molecule has 0 bridgehead atoms. The van der Waals surface area contributed by atoms with E-state index in [2.05, 4.69) is 22.7 Å². The van der Waals surface area contributed by atoms with E-state index in [0.29, 0.717) is 25.3 Å². The lowest BCUT2D eigenvalue weighted by atomic mass is 10.0. The molecule has 0 saturated carbocycles. The van der Waals surface area contributed by atoms with E-state index in [0.717, 1.165) is 28.2 Å². The molecule has 1 aliphatic heterocycles. The first-order valence-electron chi connectivity index (χ1n) is 9.49. The van der Waals surface area contributed by atoms with Crippen LogP contribution >= 0.6 is 0 Å². The van der Waals surface area contributed by atoms with Crippen LogP contribution in [0.4, 0.5) is 5.69 Å². The van der Waals surface area contributed by atoms with Gasteiger partial charge in [-0.1, -0.05) is 12.1 Å². The Morgan fingerprint density at radius 1 is 1.32 bits per heavy atom. The van der Waals surface area contributed by atoms with Crippen LogP contribution in [0.5, 0.6) is 0 Å². The number of hydrogen-bond donors (Lipinski definition) is 3. The Hall–Kier alpha value is -3.09. The van der Waals surface area contributed by atoms with Crippen LogP contribution in [0.2, 0.25) is 0 Å². The number of amides is 1. The standard InChI is InChI=1S/C21H28N6O/c1-14-6-5-7-17(12-14)24-21(22)18-13-27(16(3)28)11-9-20(18)23-15(2)19-8-10-26(4)25-19/h5-8,10,12,15,23H,9,11,13H2,1-4H3,(H2,22,24). The van der Waals surface area contributed by atoms with Gasteiger partial charge in [0, 0.05) is 50.1 Å². The number of anilines is 1. The van der Waals surface area contributed by atoms with Crippen molar-refractivity contribution in [1.29, 1.82) is 5.41 Å². The minimum atomic E-state index is 0.0156. The van der Waals surface area contributed by atoms with Crippen molar-refractivity contribution >= 4 is 17.4 Å². The minimum Gasteiger partial charge on any atom is -0.380 e. The van der Waals surface area contributed by atoms with Crippen molar-refractivity contribution in [2.45, 2.75) is 33.2 Å². The third kappa shape index (κ3) is 4.60. The molecule has 0 saturated heterocycles. The summed E-state index contributed by atoms with van der Waals surface area (Å²) in [5.41, 5.74) is 4.74. The van der Waals surface area contributed by atoms with Crippen LogP contribution in [0, 0.1) is 12.3 Å². The smallest absolute Gasteiger partial charge is 0.219 e. The van der Waals surface area contributed by atoms with Gasteiger partial charge >= 0.3 is 0 Å². The average Bonchev–Trinajstić information content (AvgIpc) is 3.08. The number of aromatic nitrogens is 2. The van der Waals surface area contributed by atoms with Gasteiger partial charge in [-0.05, 0) is 37.6 Å². The highest BCUT2D eigenvalue weighted by atomic mass is 16.2. The number of benzene rings is 1. The third-order valence-electron chi connectivity index (χ3n) is 4.95. The van der Waals surface area contributed by atoms with E-state index < -0.39 is 0 Å². The van der Waals surface area contributed by atoms with Crippen LogP contribution in [0.25, 0.3) is 0 Å². The van der Waals surface area contributed by atoms with Crippen LogP contribution in [-0.2, 0) is 11.8 Å². The number of aryl methyl sites for hydroxylation is 2. The van der Waals surface area contributed by atoms with Gasteiger partial charge in [-0.2, -0.15) is 5.10 Å². The summed E-state index contributed by atoms with van der Waals surface area (Å²) < 4.78 is 1.78. The highest BCUT2D eigenvalue weighted by molar-refractivity contribution is 6.07. The van der Waals surface area contributed by atoms with Crippen LogP contribution in [-0.4, -0.2) is 39.5 Å². The zero-order valence-electron chi connectivity index (χ0n) is 16.9. The molecule has 1 amide bonds. The fourth-order valence-electron chi connectivity index (χ4n) is 3.36. The molecular formula is C21H28N6O. The fraction of sp³-hybridized carbons (Fsp3) is 0.381. The lowest BCUT2D eigenvalue weighted by molar-refractivity contribution is -0.128. The molecular weight excluding hydrogens is 352 g/mol. The van der Waals surface area contributed by atoms with Crippen molar-refractivity contribution in [3.05, 3.63) is 59.1 Å². The Morgan fingerprint density at radius 3 is 2.75 bits per heavy atom. The van der Waals surface area contributed by atoms with Gasteiger partial charge in [0.25, 0.3) is 0 Å². The molecule has 3 N–H and O–H groups in total. The average molecular weight is 380 g/mol. The van der Waals surface area contributed by atoms with Crippen molar-refractivity contribution in [3.63, 3.8) is 0 Å². The van der Waals surface area contributed by atoms with Gasteiger partial charge < -0.3 is 15.5 Å². The predicted molar refractivity (Wildman–Crippen MR) is 111 cm³/mol. The summed E-state index contributed by atoms with van der Waals surface area (Å²) in [6, 6.07) is 9.93. The maximum Gasteiger partial charge on any atom is 0.219 e. The molecule has 0 fully saturated rings. The van der Waals surface area contributed by atoms with Crippen LogP contribution in [0.3, 0.4) is 0 Å². The highest BCUT2D eigenvalue weighted by Crippen LogP contribution is 2.22. The first kappa shape index (κ1) is 19.7. The van der Waals surface area contributed by atoms with E-state index in [4.69, 9.17) is 5.41 Å². The SMILES string of the molecule is CC(=O)N1CCC(NC(C)c2ccn(C)n2)=C(C(=N)Nc2cccc(C)c2)C1. The van der Waals surface area contributed by atoms with Gasteiger partial charge in [0.2, 0.25) is 5.91 Å². The van der Waals surface area contributed by atoms with Gasteiger partial charge in [-0.3, -0.25) is 14.9 Å². The van der Waals surface area contributed by atoms with Crippen molar-refractivity contribution in [2.75, 3.05) is 18.4 Å². The Bertz CT molecular complexity index is 913. The molecule has 3 rings (SSSR count). The summed E-state index contributed by atoms with van der Waals surface area (Å²) in [5, 5.41) is 19.8. The third-order valence-corrected chi connectivity index (χ3v) is 4.95. The molecule has 1 unspecified atom stereocenters. The van der Waals surface area contributed by atoms with Crippen LogP contribution in [0.15, 0.2) is 47.8 Å². The molecule has 2 aromatic rings. The predicted octanol–water partition coefficient (Wildman–Crippen LogP) is 2.97. The number of carbonyl (C=O) groups is 1. The van der Waals surface area contributed by atoms with Gasteiger partial charge in [0.1, 0.15) is 5.84 Å². The first-order valence-corrected chi connectivity index (χ1v) is 9.49. The summed E-state index contributed by atoms with van der Waals surface area (Å²) in [6.45, 7) is 6.72. The zero-order valence-corrected chi connectivity index (χ0v) is 16.9. The zero-order chi connectivity index (χ0) is 20.3. The second-order valence-electron chi connectivity index (χ2n) is 7.30. The van der Waals surface area contributed by atoms with Crippen molar-refractivity contribution in [1.82, 2.24) is 20.0 Å². The molecule has 0 spiro atoms. The molecule has 1 atom stereocenters. The molecule has 7 nitrogen and oxygen atoms in total. The van der Waals surface area contributed by atoms with Crippen LogP contribution < -0.4 is 10.6 Å². The fourth-order valence-corrected chi connectivity index (χ4v) is 3.36. The molecule has 2 heterocycles. The molecule has 7 heteroatoms. The lowest BCUT2D eigenvalue weighted by Crippen LogP contribution is -2.41. The molecule has 1 aromatic carbocycles. The van der Waals surface area contributed by atoms with Crippen molar-refractivity contribution in [2.24, 2.45) is 7.05 Å². The van der Waals surface area contributed by atoms with E-state index in [9.17, 15) is 4.79 Å². The van der Waals surface area contributed by atoms with Gasteiger partial charge in [-0.25, -0.2) is 0 Å². The summed E-state index contributed by atoms with van der Waals surface area (Å²) in [7, 11) is 1.90. The van der Waals surface area contributed by atoms with Gasteiger partial charge in [-0.15, -0.1) is 0 Å². The molecule has 1 aliphatic rings. The Kier molecular flexibility index (Phi) is 5.82.